The predicted molar refractivity (Wildman–Crippen MR) is 131 cm³/mol. The van der Waals surface area contributed by atoms with Gasteiger partial charge in [-0.25, -0.2) is 9.97 Å². The van der Waals surface area contributed by atoms with Crippen molar-refractivity contribution in [1.82, 2.24) is 24.5 Å². The van der Waals surface area contributed by atoms with E-state index in [-0.39, 0.29) is 0 Å². The number of benzene rings is 1. The third kappa shape index (κ3) is 4.67. The lowest BCUT2D eigenvalue weighted by atomic mass is 9.85. The van der Waals surface area contributed by atoms with Gasteiger partial charge in [0.05, 0.1) is 25.1 Å². The summed E-state index contributed by atoms with van der Waals surface area (Å²) >= 11 is 0. The molecule has 2 aliphatic rings. The van der Waals surface area contributed by atoms with Gasteiger partial charge in [-0.3, -0.25) is 4.90 Å². The highest BCUT2D eigenvalue weighted by Crippen LogP contribution is 2.29. The van der Waals surface area contributed by atoms with Gasteiger partial charge in [0.1, 0.15) is 0 Å². The van der Waals surface area contributed by atoms with E-state index in [2.05, 4.69) is 21.9 Å². The minimum atomic E-state index is -0.660. The molecule has 9 nitrogen and oxygen atoms in total. The molecule has 4 aromatic rings. The first-order valence-corrected chi connectivity index (χ1v) is 12.3. The maximum absolute atomic E-state index is 11.2. The van der Waals surface area contributed by atoms with E-state index in [1.807, 2.05) is 41.0 Å². The first-order chi connectivity index (χ1) is 17.2. The fourth-order valence-corrected chi connectivity index (χ4v) is 5.03. The molecule has 9 heteroatoms. The molecule has 2 aliphatic heterocycles. The zero-order chi connectivity index (χ0) is 23.7. The summed E-state index contributed by atoms with van der Waals surface area (Å²) in [5.41, 5.74) is 2.33. The maximum Gasteiger partial charge on any atom is 0.228 e. The fourth-order valence-electron chi connectivity index (χ4n) is 5.03. The Morgan fingerprint density at radius 2 is 1.77 bits per heavy atom. The van der Waals surface area contributed by atoms with Gasteiger partial charge in [0.15, 0.2) is 11.4 Å². The second kappa shape index (κ2) is 9.41. The van der Waals surface area contributed by atoms with Gasteiger partial charge in [-0.05, 0) is 30.5 Å². The Labute approximate surface area is 204 Å². The van der Waals surface area contributed by atoms with Crippen LogP contribution in [-0.2, 0) is 17.7 Å². The second-order valence-electron chi connectivity index (χ2n) is 9.49. The SMILES string of the molecule is OC1(Cc2ccccc2)CCN(Cc2cnc(N3CCOCC3)n3nc(-c4ccco4)nc23)CC1. The number of rotatable bonds is 6. The van der Waals surface area contributed by atoms with Crippen molar-refractivity contribution >= 4 is 11.6 Å². The van der Waals surface area contributed by atoms with Gasteiger partial charge in [0.25, 0.3) is 0 Å². The molecule has 3 aromatic heterocycles. The summed E-state index contributed by atoms with van der Waals surface area (Å²) in [5.74, 6) is 1.96. The lowest BCUT2D eigenvalue weighted by Crippen LogP contribution is -2.45. The summed E-state index contributed by atoms with van der Waals surface area (Å²) in [7, 11) is 0. The third-order valence-corrected chi connectivity index (χ3v) is 7.01. The van der Waals surface area contributed by atoms with E-state index >= 15 is 0 Å². The number of fused-ring (bicyclic) bond motifs is 1. The van der Waals surface area contributed by atoms with Crippen molar-refractivity contribution in [2.45, 2.75) is 31.4 Å². The van der Waals surface area contributed by atoms with Gasteiger partial charge in [-0.2, -0.15) is 4.52 Å². The maximum atomic E-state index is 11.2. The van der Waals surface area contributed by atoms with Crippen LogP contribution in [-0.4, -0.2) is 74.6 Å². The van der Waals surface area contributed by atoms with Gasteiger partial charge in [-0.15, -0.1) is 5.10 Å². The molecular weight excluding hydrogens is 444 g/mol. The van der Waals surface area contributed by atoms with Crippen molar-refractivity contribution in [2.24, 2.45) is 0 Å². The number of aromatic nitrogens is 4. The summed E-state index contributed by atoms with van der Waals surface area (Å²) in [4.78, 5) is 14.2. The molecule has 2 fully saturated rings. The molecule has 1 aromatic carbocycles. The van der Waals surface area contributed by atoms with Crippen molar-refractivity contribution in [3.8, 4) is 11.6 Å². The number of hydrogen-bond acceptors (Lipinski definition) is 8. The van der Waals surface area contributed by atoms with Crippen molar-refractivity contribution in [3.05, 3.63) is 66.1 Å². The van der Waals surface area contributed by atoms with Crippen LogP contribution in [0.4, 0.5) is 5.95 Å². The number of hydrogen-bond donors (Lipinski definition) is 1. The molecule has 6 rings (SSSR count). The summed E-state index contributed by atoms with van der Waals surface area (Å²) in [6, 6.07) is 14.0. The zero-order valence-corrected chi connectivity index (χ0v) is 19.7. The van der Waals surface area contributed by atoms with E-state index < -0.39 is 5.60 Å². The topological polar surface area (TPSA) is 92.2 Å². The first-order valence-electron chi connectivity index (χ1n) is 12.3. The highest BCUT2D eigenvalue weighted by Gasteiger charge is 2.33. The number of aliphatic hydroxyl groups is 1. The number of piperidine rings is 1. The Kier molecular flexibility index (Phi) is 5.97. The number of morpholine rings is 1. The van der Waals surface area contributed by atoms with Crippen LogP contribution in [0.15, 0.2) is 59.3 Å². The van der Waals surface area contributed by atoms with Crippen LogP contribution in [0.1, 0.15) is 24.0 Å². The monoisotopic (exact) mass is 474 g/mol. The Hall–Kier alpha value is -3.27. The van der Waals surface area contributed by atoms with E-state index in [0.29, 0.717) is 37.8 Å². The minimum Gasteiger partial charge on any atom is -0.461 e. The van der Waals surface area contributed by atoms with Crippen LogP contribution in [0.3, 0.4) is 0 Å². The Morgan fingerprint density at radius 3 is 2.51 bits per heavy atom. The molecule has 0 aliphatic carbocycles. The molecule has 0 radical (unpaired) electrons. The quantitative estimate of drug-likeness (QED) is 0.456. The number of nitrogens with zero attached hydrogens (tertiary/aromatic N) is 6. The van der Waals surface area contributed by atoms with E-state index in [9.17, 15) is 5.11 Å². The number of anilines is 1. The largest absolute Gasteiger partial charge is 0.461 e. The highest BCUT2D eigenvalue weighted by molar-refractivity contribution is 5.58. The predicted octanol–water partition coefficient (Wildman–Crippen LogP) is 2.79. The third-order valence-electron chi connectivity index (χ3n) is 7.01. The molecule has 5 heterocycles. The molecule has 0 bridgehead atoms. The molecule has 0 spiro atoms. The second-order valence-corrected chi connectivity index (χ2v) is 9.49. The smallest absolute Gasteiger partial charge is 0.228 e. The lowest BCUT2D eigenvalue weighted by Gasteiger charge is -2.38. The van der Waals surface area contributed by atoms with Gasteiger partial charge in [0.2, 0.25) is 11.8 Å². The van der Waals surface area contributed by atoms with Crippen LogP contribution in [0.5, 0.6) is 0 Å². The molecule has 35 heavy (non-hydrogen) atoms. The van der Waals surface area contributed by atoms with E-state index in [4.69, 9.17) is 24.2 Å². The summed E-state index contributed by atoms with van der Waals surface area (Å²) in [5, 5.41) is 15.9. The molecule has 0 atom stereocenters. The van der Waals surface area contributed by atoms with Gasteiger partial charge in [-0.1, -0.05) is 30.3 Å². The van der Waals surface area contributed by atoms with Crippen LogP contribution >= 0.6 is 0 Å². The van der Waals surface area contributed by atoms with Gasteiger partial charge < -0.3 is 19.2 Å². The standard InChI is InChI=1S/C26H30N6O3/c33-26(17-20-5-2-1-3-6-20)8-10-30(11-9-26)19-21-18-27-25(31-12-15-34-16-13-31)32-24(21)28-23(29-32)22-7-4-14-35-22/h1-7,14,18,33H,8-13,15-17,19H2. The van der Waals surface area contributed by atoms with Crippen molar-refractivity contribution in [1.29, 1.82) is 0 Å². The fraction of sp³-hybridized carbons (Fsp3) is 0.423. The highest BCUT2D eigenvalue weighted by atomic mass is 16.5. The zero-order valence-electron chi connectivity index (χ0n) is 19.7. The number of likely N-dealkylation sites (tertiary alicyclic amines) is 1. The molecule has 2 saturated heterocycles. The summed E-state index contributed by atoms with van der Waals surface area (Å²) in [6.07, 6.45) is 5.72. The van der Waals surface area contributed by atoms with E-state index in [0.717, 1.165) is 56.2 Å². The lowest BCUT2D eigenvalue weighted by molar-refractivity contribution is -0.0224. The van der Waals surface area contributed by atoms with Crippen LogP contribution in [0, 0.1) is 0 Å². The average Bonchev–Trinajstić information content (AvgIpc) is 3.57. The first kappa shape index (κ1) is 22.2. The molecule has 0 saturated carbocycles. The minimum absolute atomic E-state index is 0.551. The summed E-state index contributed by atoms with van der Waals surface area (Å²) < 4.78 is 12.9. The van der Waals surface area contributed by atoms with E-state index in [1.54, 1.807) is 6.26 Å². The molecule has 0 amide bonds. The van der Waals surface area contributed by atoms with Crippen molar-refractivity contribution in [3.63, 3.8) is 0 Å². The summed E-state index contributed by atoms with van der Waals surface area (Å²) in [6.45, 7) is 5.22. The molecule has 182 valence electrons. The van der Waals surface area contributed by atoms with Gasteiger partial charge >= 0.3 is 0 Å². The number of furan rings is 1. The Morgan fingerprint density at radius 1 is 0.971 bits per heavy atom. The Bertz CT molecular complexity index is 1260. The van der Waals surface area contributed by atoms with Crippen molar-refractivity contribution in [2.75, 3.05) is 44.3 Å². The van der Waals surface area contributed by atoms with Crippen LogP contribution in [0.2, 0.25) is 0 Å². The number of ether oxygens (including phenoxy) is 1. The molecule has 0 unspecified atom stereocenters. The van der Waals surface area contributed by atoms with Crippen molar-refractivity contribution < 1.29 is 14.3 Å². The van der Waals surface area contributed by atoms with Crippen LogP contribution < -0.4 is 4.90 Å². The molecule has 1 N–H and O–H groups in total. The average molecular weight is 475 g/mol. The normalized spacial score (nSPS) is 18.8. The van der Waals surface area contributed by atoms with E-state index in [1.165, 1.54) is 5.56 Å². The molecular formula is C26H30N6O3. The van der Waals surface area contributed by atoms with Crippen LogP contribution in [0.25, 0.3) is 17.2 Å². The Balaban J connectivity index is 1.23. The van der Waals surface area contributed by atoms with Gasteiger partial charge in [0, 0.05) is 50.9 Å².